The fraction of sp³-hybridized carbons (Fsp3) is 0.810. The standard InChI is InChI=1S/C21H35N3O6/c1-3-5-14-29-20(27)24(21(28)30-15-6-4-2)13-9-11-19(16-23-18-26)10-7-8-12-22-17-25/h19H,3-16H2,1-2H3. The minimum atomic E-state index is -0.695. The first kappa shape index (κ1) is 27.5. The summed E-state index contributed by atoms with van der Waals surface area (Å²) >= 11 is 0. The highest BCUT2D eigenvalue weighted by molar-refractivity contribution is 5.87. The Labute approximate surface area is 178 Å². The maximum Gasteiger partial charge on any atom is 0.419 e. The lowest BCUT2D eigenvalue weighted by Gasteiger charge is -2.21. The van der Waals surface area contributed by atoms with Crippen LogP contribution < -0.4 is 0 Å². The highest BCUT2D eigenvalue weighted by Crippen LogP contribution is 2.17. The summed E-state index contributed by atoms with van der Waals surface area (Å²) in [5, 5.41) is 0. The zero-order valence-corrected chi connectivity index (χ0v) is 18.3. The zero-order valence-electron chi connectivity index (χ0n) is 18.3. The molecule has 170 valence electrons. The van der Waals surface area contributed by atoms with Crippen LogP contribution in [0.4, 0.5) is 9.59 Å². The van der Waals surface area contributed by atoms with Gasteiger partial charge in [0.15, 0.2) is 0 Å². The number of hydrogen-bond acceptors (Lipinski definition) is 8. The Balaban J connectivity index is 4.70. The summed E-state index contributed by atoms with van der Waals surface area (Å²) in [6.07, 6.45) is 8.45. The third kappa shape index (κ3) is 14.5. The molecule has 2 amide bonds. The first-order valence-electron chi connectivity index (χ1n) is 10.8. The third-order valence-corrected chi connectivity index (χ3v) is 4.49. The quantitative estimate of drug-likeness (QED) is 0.194. The second-order valence-electron chi connectivity index (χ2n) is 7.00. The molecule has 0 aliphatic rings. The van der Waals surface area contributed by atoms with Crippen molar-refractivity contribution in [1.29, 1.82) is 0 Å². The van der Waals surface area contributed by atoms with Gasteiger partial charge in [-0.25, -0.2) is 34.1 Å². The molecule has 0 aliphatic carbocycles. The molecule has 0 N–H and O–H groups in total. The molecule has 0 rings (SSSR count). The van der Waals surface area contributed by atoms with Gasteiger partial charge in [0.2, 0.25) is 12.2 Å². The van der Waals surface area contributed by atoms with Gasteiger partial charge in [0, 0.05) is 6.54 Å². The van der Waals surface area contributed by atoms with Crippen LogP contribution in [0.3, 0.4) is 0 Å². The Morgan fingerprint density at radius 2 is 1.40 bits per heavy atom. The van der Waals surface area contributed by atoms with Crippen molar-refractivity contribution in [3.63, 3.8) is 0 Å². The van der Waals surface area contributed by atoms with Crippen molar-refractivity contribution >= 4 is 24.3 Å². The van der Waals surface area contributed by atoms with Crippen molar-refractivity contribution in [3.05, 3.63) is 0 Å². The summed E-state index contributed by atoms with van der Waals surface area (Å²) in [4.78, 5) is 53.3. The number of aliphatic imine (C=N–C) groups is 2. The van der Waals surface area contributed by atoms with Gasteiger partial charge < -0.3 is 9.47 Å². The number of nitrogens with zero attached hydrogens (tertiary/aromatic N) is 3. The van der Waals surface area contributed by atoms with Gasteiger partial charge in [-0.2, -0.15) is 0 Å². The molecule has 0 aromatic carbocycles. The molecule has 0 aromatic rings. The number of carbonyl (C=O) groups is 2. The summed E-state index contributed by atoms with van der Waals surface area (Å²) < 4.78 is 10.3. The zero-order chi connectivity index (χ0) is 22.5. The van der Waals surface area contributed by atoms with Crippen LogP contribution in [-0.4, -0.2) is 62.1 Å². The summed E-state index contributed by atoms with van der Waals surface area (Å²) in [6, 6.07) is 0. The van der Waals surface area contributed by atoms with E-state index in [1.165, 1.54) is 6.08 Å². The fourth-order valence-corrected chi connectivity index (χ4v) is 2.72. The molecule has 30 heavy (non-hydrogen) atoms. The summed E-state index contributed by atoms with van der Waals surface area (Å²) in [6.45, 7) is 5.42. The predicted octanol–water partition coefficient (Wildman–Crippen LogP) is 4.40. The average molecular weight is 426 g/mol. The summed E-state index contributed by atoms with van der Waals surface area (Å²) in [5.74, 6) is 0.112. The van der Waals surface area contributed by atoms with Gasteiger partial charge in [-0.15, -0.1) is 0 Å². The Kier molecular flexibility index (Phi) is 18.2. The van der Waals surface area contributed by atoms with E-state index in [1.807, 2.05) is 13.8 Å². The number of amides is 2. The molecule has 0 aliphatic heterocycles. The van der Waals surface area contributed by atoms with Crippen molar-refractivity contribution in [3.8, 4) is 0 Å². The van der Waals surface area contributed by atoms with Crippen LogP contribution in [0.2, 0.25) is 0 Å². The lowest BCUT2D eigenvalue weighted by atomic mass is 9.96. The van der Waals surface area contributed by atoms with E-state index in [-0.39, 0.29) is 25.7 Å². The molecule has 0 fully saturated rings. The van der Waals surface area contributed by atoms with Crippen LogP contribution in [0.1, 0.15) is 71.6 Å². The number of imide groups is 1. The smallest absolute Gasteiger partial charge is 0.419 e. The number of unbranched alkanes of at least 4 members (excludes halogenated alkanes) is 3. The van der Waals surface area contributed by atoms with Gasteiger partial charge in [-0.05, 0) is 44.4 Å². The Hall–Kier alpha value is -2.50. The van der Waals surface area contributed by atoms with Gasteiger partial charge in [-0.1, -0.05) is 33.1 Å². The van der Waals surface area contributed by atoms with Crippen LogP contribution in [0.15, 0.2) is 9.98 Å². The molecule has 0 radical (unpaired) electrons. The molecule has 1 atom stereocenters. The van der Waals surface area contributed by atoms with Crippen LogP contribution in [0, 0.1) is 5.92 Å². The summed E-state index contributed by atoms with van der Waals surface area (Å²) in [5.41, 5.74) is 0. The monoisotopic (exact) mass is 425 g/mol. The van der Waals surface area contributed by atoms with Gasteiger partial charge in [-0.3, -0.25) is 0 Å². The van der Waals surface area contributed by atoms with Gasteiger partial charge in [0.05, 0.1) is 26.3 Å². The molecular formula is C21H35N3O6. The van der Waals surface area contributed by atoms with E-state index in [1.54, 1.807) is 6.08 Å². The normalized spacial score (nSPS) is 11.0. The van der Waals surface area contributed by atoms with Crippen molar-refractivity contribution < 1.29 is 28.7 Å². The van der Waals surface area contributed by atoms with Crippen LogP contribution in [0.25, 0.3) is 0 Å². The SMILES string of the molecule is CCCCOC(=O)N(CCCC(CCCCN=C=O)CN=C=O)C(=O)OCCCC. The van der Waals surface area contributed by atoms with Crippen molar-refractivity contribution in [2.24, 2.45) is 15.9 Å². The van der Waals surface area contributed by atoms with E-state index in [9.17, 15) is 19.2 Å². The van der Waals surface area contributed by atoms with Crippen molar-refractivity contribution in [2.45, 2.75) is 71.6 Å². The average Bonchev–Trinajstić information content (AvgIpc) is 2.74. The van der Waals surface area contributed by atoms with E-state index in [4.69, 9.17) is 9.47 Å². The maximum absolute atomic E-state index is 12.3. The predicted molar refractivity (Wildman–Crippen MR) is 112 cm³/mol. The molecule has 0 saturated carbocycles. The first-order valence-corrected chi connectivity index (χ1v) is 10.8. The molecule has 1 unspecified atom stereocenters. The third-order valence-electron chi connectivity index (χ3n) is 4.49. The van der Waals surface area contributed by atoms with E-state index >= 15 is 0 Å². The van der Waals surface area contributed by atoms with Crippen molar-refractivity contribution in [1.82, 2.24) is 4.90 Å². The number of rotatable bonds is 17. The van der Waals surface area contributed by atoms with Gasteiger partial charge >= 0.3 is 12.2 Å². The molecule has 9 heteroatoms. The van der Waals surface area contributed by atoms with Crippen LogP contribution in [0.5, 0.6) is 0 Å². The lowest BCUT2D eigenvalue weighted by molar-refractivity contribution is 0.0743. The molecule has 0 saturated heterocycles. The van der Waals surface area contributed by atoms with Crippen LogP contribution in [-0.2, 0) is 19.1 Å². The molecule has 0 spiro atoms. The van der Waals surface area contributed by atoms with E-state index in [0.29, 0.717) is 25.9 Å². The Morgan fingerprint density at radius 3 is 1.93 bits per heavy atom. The molecule has 0 aromatic heterocycles. The van der Waals surface area contributed by atoms with Gasteiger partial charge in [0.25, 0.3) is 0 Å². The van der Waals surface area contributed by atoms with E-state index in [2.05, 4.69) is 9.98 Å². The van der Waals surface area contributed by atoms with E-state index < -0.39 is 12.2 Å². The fourth-order valence-electron chi connectivity index (χ4n) is 2.72. The minimum Gasteiger partial charge on any atom is -0.449 e. The molecular weight excluding hydrogens is 390 g/mol. The lowest BCUT2D eigenvalue weighted by Crippen LogP contribution is -2.39. The highest BCUT2D eigenvalue weighted by atomic mass is 16.6. The number of carbonyl (C=O) groups excluding carboxylic acids is 4. The Morgan fingerprint density at radius 1 is 0.833 bits per heavy atom. The van der Waals surface area contributed by atoms with Gasteiger partial charge in [0.1, 0.15) is 0 Å². The minimum absolute atomic E-state index is 0.112. The molecule has 0 bridgehead atoms. The number of isocyanates is 2. The van der Waals surface area contributed by atoms with Crippen molar-refractivity contribution in [2.75, 3.05) is 32.8 Å². The number of hydrogen-bond donors (Lipinski definition) is 0. The number of ether oxygens (including phenoxy) is 2. The van der Waals surface area contributed by atoms with Crippen LogP contribution >= 0.6 is 0 Å². The second kappa shape index (κ2) is 19.8. The second-order valence-corrected chi connectivity index (χ2v) is 7.00. The maximum atomic E-state index is 12.3. The van der Waals surface area contributed by atoms with E-state index in [0.717, 1.165) is 49.8 Å². The largest absolute Gasteiger partial charge is 0.449 e. The molecule has 9 nitrogen and oxygen atoms in total. The topological polar surface area (TPSA) is 115 Å². The first-order chi connectivity index (χ1) is 14.6. The highest BCUT2D eigenvalue weighted by Gasteiger charge is 2.24. The molecule has 0 heterocycles. The summed E-state index contributed by atoms with van der Waals surface area (Å²) in [7, 11) is 0. The Bertz CT molecular complexity index is 549.